The predicted octanol–water partition coefficient (Wildman–Crippen LogP) is 3.89. The molecule has 1 aliphatic heterocycles. The highest BCUT2D eigenvalue weighted by Gasteiger charge is 2.18. The van der Waals surface area contributed by atoms with Crippen molar-refractivity contribution < 1.29 is 33.7 Å². The summed E-state index contributed by atoms with van der Waals surface area (Å²) in [5.41, 5.74) is 1.67. The molecular formula is C24H38O7. The van der Waals surface area contributed by atoms with E-state index in [0.717, 1.165) is 56.1 Å². The van der Waals surface area contributed by atoms with E-state index >= 15 is 0 Å². The van der Waals surface area contributed by atoms with Crippen LogP contribution in [0, 0.1) is 11.8 Å². The molecule has 0 saturated heterocycles. The van der Waals surface area contributed by atoms with Crippen molar-refractivity contribution in [3.63, 3.8) is 0 Å². The van der Waals surface area contributed by atoms with Gasteiger partial charge in [-0.25, -0.2) is 4.79 Å². The molecule has 1 rings (SSSR count). The molecule has 1 heterocycles. The number of carbonyl (C=O) groups is 3. The van der Waals surface area contributed by atoms with Gasteiger partial charge in [0.05, 0.1) is 19.8 Å². The molecular weight excluding hydrogens is 400 g/mol. The number of esters is 3. The first kappa shape index (κ1) is 26.9. The molecule has 31 heavy (non-hydrogen) atoms. The SMILES string of the molecule is CC(=O)OC[C@@H](CCCC1=CCOC1=O)CCC[C@H](CC/C=C(/C)CO)COC(C)=O. The minimum atomic E-state index is -0.286. The van der Waals surface area contributed by atoms with Crippen LogP contribution in [0.15, 0.2) is 23.3 Å². The average molecular weight is 439 g/mol. The van der Waals surface area contributed by atoms with Gasteiger partial charge >= 0.3 is 17.9 Å². The van der Waals surface area contributed by atoms with E-state index in [1.807, 2.05) is 19.1 Å². The molecule has 0 aromatic rings. The molecule has 1 aliphatic rings. The standard InChI is InChI=1S/C24H38O7/c1-18(15-25)7-4-8-21(16-30-19(2)26)9-5-10-22(17-31-20(3)27)11-6-12-23-13-14-29-24(23)28/h7,13,21-22,25H,4-6,8-12,14-17H2,1-3H3/b18-7-/t21-,22+/m0/s1. The Morgan fingerprint density at radius 3 is 2.13 bits per heavy atom. The molecule has 0 radical (unpaired) electrons. The van der Waals surface area contributed by atoms with E-state index in [9.17, 15) is 14.4 Å². The zero-order valence-corrected chi connectivity index (χ0v) is 19.2. The third-order valence-corrected chi connectivity index (χ3v) is 5.45. The highest BCUT2D eigenvalue weighted by molar-refractivity contribution is 5.90. The largest absolute Gasteiger partial charge is 0.466 e. The fourth-order valence-electron chi connectivity index (χ4n) is 3.60. The first-order valence-electron chi connectivity index (χ1n) is 11.2. The van der Waals surface area contributed by atoms with Crippen molar-refractivity contribution in [1.29, 1.82) is 0 Å². The molecule has 0 fully saturated rings. The molecule has 1 N–H and O–H groups in total. The molecule has 2 atom stereocenters. The third-order valence-electron chi connectivity index (χ3n) is 5.45. The number of hydrogen-bond donors (Lipinski definition) is 1. The van der Waals surface area contributed by atoms with Crippen molar-refractivity contribution in [2.75, 3.05) is 26.4 Å². The van der Waals surface area contributed by atoms with Crippen LogP contribution in [-0.4, -0.2) is 49.4 Å². The second kappa shape index (κ2) is 15.6. The van der Waals surface area contributed by atoms with E-state index in [2.05, 4.69) is 0 Å². The second-order valence-electron chi connectivity index (χ2n) is 8.27. The Kier molecular flexibility index (Phi) is 13.5. The van der Waals surface area contributed by atoms with E-state index in [0.29, 0.717) is 26.2 Å². The predicted molar refractivity (Wildman–Crippen MR) is 117 cm³/mol. The molecule has 0 aromatic heterocycles. The fourth-order valence-corrected chi connectivity index (χ4v) is 3.60. The van der Waals surface area contributed by atoms with E-state index < -0.39 is 0 Å². The lowest BCUT2D eigenvalue weighted by molar-refractivity contribution is -0.143. The summed E-state index contributed by atoms with van der Waals surface area (Å²) in [6, 6.07) is 0. The molecule has 0 aliphatic carbocycles. The lowest BCUT2D eigenvalue weighted by Gasteiger charge is -2.20. The van der Waals surface area contributed by atoms with Crippen LogP contribution in [-0.2, 0) is 28.6 Å². The molecule has 0 aromatic carbocycles. The van der Waals surface area contributed by atoms with Gasteiger partial charge in [0.15, 0.2) is 0 Å². The maximum absolute atomic E-state index is 11.6. The van der Waals surface area contributed by atoms with Gasteiger partial charge < -0.3 is 19.3 Å². The van der Waals surface area contributed by atoms with Crippen molar-refractivity contribution in [1.82, 2.24) is 0 Å². The van der Waals surface area contributed by atoms with Crippen LogP contribution in [0.1, 0.15) is 72.1 Å². The summed E-state index contributed by atoms with van der Waals surface area (Å²) in [5, 5.41) is 9.12. The molecule has 0 amide bonds. The van der Waals surface area contributed by atoms with Crippen molar-refractivity contribution >= 4 is 17.9 Å². The number of aliphatic hydroxyl groups excluding tert-OH is 1. The van der Waals surface area contributed by atoms with Gasteiger partial charge in [-0.1, -0.05) is 18.1 Å². The van der Waals surface area contributed by atoms with Crippen molar-refractivity contribution in [2.24, 2.45) is 11.8 Å². The van der Waals surface area contributed by atoms with Crippen molar-refractivity contribution in [3.8, 4) is 0 Å². The van der Waals surface area contributed by atoms with Gasteiger partial charge in [-0.05, 0) is 69.8 Å². The van der Waals surface area contributed by atoms with Gasteiger partial charge in [-0.15, -0.1) is 0 Å². The van der Waals surface area contributed by atoms with Crippen LogP contribution < -0.4 is 0 Å². The number of allylic oxidation sites excluding steroid dienone is 1. The summed E-state index contributed by atoms with van der Waals surface area (Å²) in [6.07, 6.45) is 10.7. The Labute approximate surface area is 185 Å². The number of hydrogen-bond acceptors (Lipinski definition) is 7. The Morgan fingerprint density at radius 2 is 1.61 bits per heavy atom. The summed E-state index contributed by atoms with van der Waals surface area (Å²) in [5.74, 6) is -0.312. The Balaban J connectivity index is 2.48. The maximum atomic E-state index is 11.6. The summed E-state index contributed by atoms with van der Waals surface area (Å²) < 4.78 is 15.4. The zero-order chi connectivity index (χ0) is 23.1. The minimum Gasteiger partial charge on any atom is -0.466 e. The summed E-state index contributed by atoms with van der Waals surface area (Å²) in [4.78, 5) is 34.0. The highest BCUT2D eigenvalue weighted by Crippen LogP contribution is 2.24. The maximum Gasteiger partial charge on any atom is 0.334 e. The molecule has 7 heteroatoms. The fraction of sp³-hybridized carbons (Fsp3) is 0.708. The lowest BCUT2D eigenvalue weighted by atomic mass is 9.91. The van der Waals surface area contributed by atoms with Gasteiger partial charge in [-0.2, -0.15) is 0 Å². The number of rotatable bonds is 16. The molecule has 0 unspecified atom stereocenters. The first-order chi connectivity index (χ1) is 14.8. The molecule has 7 nitrogen and oxygen atoms in total. The molecule has 0 bridgehead atoms. The smallest absolute Gasteiger partial charge is 0.334 e. The Morgan fingerprint density at radius 1 is 1.03 bits per heavy atom. The molecule has 0 saturated carbocycles. The van der Waals surface area contributed by atoms with Crippen molar-refractivity contribution in [2.45, 2.75) is 72.1 Å². The Hall–Kier alpha value is -2.15. The van der Waals surface area contributed by atoms with Crippen LogP contribution in [0.2, 0.25) is 0 Å². The number of ether oxygens (including phenoxy) is 3. The van der Waals surface area contributed by atoms with Crippen LogP contribution in [0.4, 0.5) is 0 Å². The van der Waals surface area contributed by atoms with E-state index in [-0.39, 0.29) is 36.4 Å². The lowest BCUT2D eigenvalue weighted by Crippen LogP contribution is -2.15. The van der Waals surface area contributed by atoms with Crippen LogP contribution in [0.3, 0.4) is 0 Å². The molecule has 0 spiro atoms. The second-order valence-corrected chi connectivity index (χ2v) is 8.27. The highest BCUT2D eigenvalue weighted by atomic mass is 16.5. The summed E-state index contributed by atoms with van der Waals surface area (Å²) >= 11 is 0. The van der Waals surface area contributed by atoms with E-state index in [1.54, 1.807) is 0 Å². The Bertz CT molecular complexity index is 636. The van der Waals surface area contributed by atoms with Gasteiger partial charge in [0.2, 0.25) is 0 Å². The number of cyclic esters (lactones) is 1. The summed E-state index contributed by atoms with van der Waals surface area (Å²) in [7, 11) is 0. The topological polar surface area (TPSA) is 99.1 Å². The summed E-state index contributed by atoms with van der Waals surface area (Å²) in [6.45, 7) is 5.91. The van der Waals surface area contributed by atoms with Gasteiger partial charge in [0.1, 0.15) is 6.61 Å². The van der Waals surface area contributed by atoms with Crippen LogP contribution >= 0.6 is 0 Å². The quantitative estimate of drug-likeness (QED) is 0.222. The monoisotopic (exact) mass is 438 g/mol. The average Bonchev–Trinajstić information content (AvgIpc) is 3.13. The zero-order valence-electron chi connectivity index (χ0n) is 19.2. The van der Waals surface area contributed by atoms with Gasteiger partial charge in [-0.3, -0.25) is 9.59 Å². The third kappa shape index (κ3) is 13.0. The molecule has 176 valence electrons. The van der Waals surface area contributed by atoms with Crippen LogP contribution in [0.25, 0.3) is 0 Å². The number of carbonyl (C=O) groups excluding carboxylic acids is 3. The number of aliphatic hydroxyl groups is 1. The van der Waals surface area contributed by atoms with E-state index in [4.69, 9.17) is 19.3 Å². The van der Waals surface area contributed by atoms with E-state index in [1.165, 1.54) is 13.8 Å². The van der Waals surface area contributed by atoms with Gasteiger partial charge in [0.25, 0.3) is 0 Å². The normalized spacial score (nSPS) is 15.8. The van der Waals surface area contributed by atoms with Crippen LogP contribution in [0.5, 0.6) is 0 Å². The minimum absolute atomic E-state index is 0.0566. The first-order valence-corrected chi connectivity index (χ1v) is 11.2. The van der Waals surface area contributed by atoms with Gasteiger partial charge in [0, 0.05) is 19.4 Å². The van der Waals surface area contributed by atoms with Crippen molar-refractivity contribution in [3.05, 3.63) is 23.3 Å².